The van der Waals surface area contributed by atoms with E-state index >= 15 is 0 Å². The van der Waals surface area contributed by atoms with Gasteiger partial charge in [-0.2, -0.15) is 0 Å². The van der Waals surface area contributed by atoms with Crippen molar-refractivity contribution in [1.29, 1.82) is 0 Å². The van der Waals surface area contributed by atoms with E-state index in [2.05, 4.69) is 13.6 Å². The fourth-order valence-corrected chi connectivity index (χ4v) is 1.45. The number of hydrogen-bond donors (Lipinski definition) is 0. The average molecular weight is 224 g/mol. The molecule has 0 aromatic rings. The van der Waals surface area contributed by atoms with E-state index in [1.54, 1.807) is 0 Å². The molecular formula is C7H13O6P. The van der Waals surface area contributed by atoms with Crippen molar-refractivity contribution in [3.05, 3.63) is 0 Å². The summed E-state index contributed by atoms with van der Waals surface area (Å²) in [6, 6.07) is 0. The first kappa shape index (κ1) is 13.4. The van der Waals surface area contributed by atoms with Crippen LogP contribution in [0.2, 0.25) is 0 Å². The molecule has 0 aliphatic rings. The van der Waals surface area contributed by atoms with Gasteiger partial charge in [0, 0.05) is 7.11 Å². The summed E-state index contributed by atoms with van der Waals surface area (Å²) in [5, 5.41) is 0. The molecule has 0 unspecified atom stereocenters. The van der Waals surface area contributed by atoms with Crippen LogP contribution in [0.4, 0.5) is 0 Å². The van der Waals surface area contributed by atoms with Crippen LogP contribution in [-0.4, -0.2) is 31.9 Å². The van der Waals surface area contributed by atoms with Crippen molar-refractivity contribution in [3.63, 3.8) is 0 Å². The second-order valence-corrected chi connectivity index (χ2v) is 4.36. The van der Waals surface area contributed by atoms with E-state index in [9.17, 15) is 14.2 Å². The van der Waals surface area contributed by atoms with Gasteiger partial charge in [-0.1, -0.05) is 0 Å². The zero-order valence-electron chi connectivity index (χ0n) is 8.31. The molecule has 0 aromatic heterocycles. The zero-order chi connectivity index (χ0) is 11.2. The molecule has 0 saturated carbocycles. The number of phosphoric ester groups is 1. The van der Waals surface area contributed by atoms with E-state index in [0.717, 1.165) is 7.11 Å². The van der Waals surface area contributed by atoms with Crippen molar-refractivity contribution in [2.24, 2.45) is 0 Å². The number of phosphoric acid groups is 1. The van der Waals surface area contributed by atoms with Gasteiger partial charge in [-0.3, -0.25) is 23.2 Å². The summed E-state index contributed by atoms with van der Waals surface area (Å²) in [7, 11) is -2.64. The van der Waals surface area contributed by atoms with Gasteiger partial charge in [-0.15, -0.1) is 0 Å². The molecule has 82 valence electrons. The van der Waals surface area contributed by atoms with Crippen LogP contribution in [0.1, 0.15) is 13.8 Å². The number of carbonyl (C=O) groups excluding carboxylic acids is 2. The van der Waals surface area contributed by atoms with Gasteiger partial charge < -0.3 is 0 Å². The highest BCUT2D eigenvalue weighted by Crippen LogP contribution is 2.48. The third-order valence-corrected chi connectivity index (χ3v) is 2.41. The Bertz CT molecular complexity index is 239. The lowest BCUT2D eigenvalue weighted by Gasteiger charge is -2.13. The molecule has 0 atom stereocenters. The first-order valence-electron chi connectivity index (χ1n) is 3.83. The highest BCUT2D eigenvalue weighted by Gasteiger charge is 2.25. The van der Waals surface area contributed by atoms with Gasteiger partial charge in [0.25, 0.3) is 0 Å². The van der Waals surface area contributed by atoms with Crippen LogP contribution in [0.15, 0.2) is 0 Å². The van der Waals surface area contributed by atoms with Gasteiger partial charge >= 0.3 is 7.82 Å². The standard InChI is InChI=1S/C7H13O6P/c1-6(8)4-12-14(10,11-3)13-5-7(2)9/h4-5H2,1-3H3. The van der Waals surface area contributed by atoms with Crippen LogP contribution in [0.5, 0.6) is 0 Å². The number of carbonyl (C=O) groups is 2. The van der Waals surface area contributed by atoms with Crippen LogP contribution in [-0.2, 0) is 27.7 Å². The molecule has 14 heavy (non-hydrogen) atoms. The maximum absolute atomic E-state index is 11.4. The molecule has 0 aromatic carbocycles. The fourth-order valence-electron chi connectivity index (χ4n) is 0.483. The van der Waals surface area contributed by atoms with Crippen LogP contribution in [0.25, 0.3) is 0 Å². The maximum Gasteiger partial charge on any atom is 0.475 e. The minimum atomic E-state index is -3.75. The van der Waals surface area contributed by atoms with Crippen molar-refractivity contribution in [1.82, 2.24) is 0 Å². The minimum absolute atomic E-state index is 0.311. The third kappa shape index (κ3) is 5.99. The number of Topliss-reactive ketones (excluding diaryl/α,β-unsaturated/α-hetero) is 2. The highest BCUT2D eigenvalue weighted by molar-refractivity contribution is 7.48. The van der Waals surface area contributed by atoms with Gasteiger partial charge in [0.05, 0.1) is 0 Å². The molecule has 0 saturated heterocycles. The molecule has 0 fully saturated rings. The van der Waals surface area contributed by atoms with Crippen LogP contribution in [0.3, 0.4) is 0 Å². The molecule has 0 rings (SSSR count). The molecule has 0 bridgehead atoms. The minimum Gasteiger partial charge on any atom is -0.297 e. The fraction of sp³-hybridized carbons (Fsp3) is 0.714. The average Bonchev–Trinajstić information content (AvgIpc) is 2.11. The molecule has 6 nitrogen and oxygen atoms in total. The van der Waals surface area contributed by atoms with Crippen molar-refractivity contribution in [3.8, 4) is 0 Å². The summed E-state index contributed by atoms with van der Waals surface area (Å²) in [6.45, 7) is 1.79. The van der Waals surface area contributed by atoms with Gasteiger partial charge in [0.15, 0.2) is 11.6 Å². The second kappa shape index (κ2) is 6.03. The lowest BCUT2D eigenvalue weighted by Crippen LogP contribution is -2.08. The molecule has 0 heterocycles. The molecule has 0 radical (unpaired) electrons. The van der Waals surface area contributed by atoms with E-state index in [0.29, 0.717) is 0 Å². The van der Waals surface area contributed by atoms with E-state index < -0.39 is 7.82 Å². The first-order valence-corrected chi connectivity index (χ1v) is 5.29. The number of rotatable bonds is 7. The zero-order valence-corrected chi connectivity index (χ0v) is 9.21. The molecule has 0 aliphatic carbocycles. The SMILES string of the molecule is COP(=O)(OCC(C)=O)OCC(C)=O. The van der Waals surface area contributed by atoms with Crippen LogP contribution < -0.4 is 0 Å². The molecule has 0 spiro atoms. The lowest BCUT2D eigenvalue weighted by molar-refractivity contribution is -0.120. The monoisotopic (exact) mass is 224 g/mol. The quantitative estimate of drug-likeness (QED) is 0.599. The van der Waals surface area contributed by atoms with Crippen molar-refractivity contribution >= 4 is 19.4 Å². The molecule has 0 aliphatic heterocycles. The third-order valence-electron chi connectivity index (χ3n) is 1.08. The van der Waals surface area contributed by atoms with E-state index in [1.165, 1.54) is 13.8 Å². The second-order valence-electron chi connectivity index (χ2n) is 2.58. The Labute approximate surface area is 82.1 Å². The summed E-state index contributed by atoms with van der Waals surface area (Å²) in [5.74, 6) is -0.623. The van der Waals surface area contributed by atoms with E-state index in [4.69, 9.17) is 0 Å². The number of hydrogen-bond acceptors (Lipinski definition) is 6. The van der Waals surface area contributed by atoms with Crippen LogP contribution in [0, 0.1) is 0 Å². The van der Waals surface area contributed by atoms with Crippen molar-refractivity contribution < 1.29 is 27.7 Å². The smallest absolute Gasteiger partial charge is 0.297 e. The Morgan fingerprint density at radius 3 is 1.64 bits per heavy atom. The topological polar surface area (TPSA) is 78.9 Å². The predicted octanol–water partition coefficient (Wildman–Crippen LogP) is 0.952. The summed E-state index contributed by atoms with van der Waals surface area (Å²) in [5.41, 5.74) is 0. The van der Waals surface area contributed by atoms with Gasteiger partial charge in [0.1, 0.15) is 13.2 Å². The summed E-state index contributed by atoms with van der Waals surface area (Å²) in [6.07, 6.45) is 0. The molecule has 0 amide bonds. The van der Waals surface area contributed by atoms with Gasteiger partial charge in [-0.25, -0.2) is 4.57 Å². The van der Waals surface area contributed by atoms with E-state index in [1.807, 2.05) is 0 Å². The summed E-state index contributed by atoms with van der Waals surface area (Å²) < 4.78 is 25.1. The normalized spacial score (nSPS) is 11.4. The Hall–Kier alpha value is -0.550. The Morgan fingerprint density at radius 2 is 1.43 bits per heavy atom. The Balaban J connectivity index is 4.11. The molecule has 7 heteroatoms. The van der Waals surface area contributed by atoms with Crippen molar-refractivity contribution in [2.45, 2.75) is 13.8 Å². The maximum atomic E-state index is 11.4. The van der Waals surface area contributed by atoms with Crippen molar-refractivity contribution in [2.75, 3.05) is 20.3 Å². The highest BCUT2D eigenvalue weighted by atomic mass is 31.2. The summed E-state index contributed by atoms with van der Waals surface area (Å²) >= 11 is 0. The largest absolute Gasteiger partial charge is 0.475 e. The van der Waals surface area contributed by atoms with Gasteiger partial charge in [-0.05, 0) is 13.8 Å². The molecular weight excluding hydrogens is 211 g/mol. The van der Waals surface area contributed by atoms with Crippen LogP contribution >= 0.6 is 7.82 Å². The summed E-state index contributed by atoms with van der Waals surface area (Å²) in [4.78, 5) is 21.0. The van der Waals surface area contributed by atoms with E-state index in [-0.39, 0.29) is 24.8 Å². The number of ketones is 2. The Kier molecular flexibility index (Phi) is 5.79. The van der Waals surface area contributed by atoms with Gasteiger partial charge in [0.2, 0.25) is 0 Å². The predicted molar refractivity (Wildman–Crippen MR) is 47.9 cm³/mol. The lowest BCUT2D eigenvalue weighted by atomic mass is 10.5. The molecule has 0 N–H and O–H groups in total. The first-order chi connectivity index (χ1) is 6.39. The Morgan fingerprint density at radius 1 is 1.07 bits per heavy atom.